The van der Waals surface area contributed by atoms with Crippen molar-refractivity contribution >= 4 is 47.3 Å². The van der Waals surface area contributed by atoms with Gasteiger partial charge in [0.15, 0.2) is 0 Å². The third kappa shape index (κ3) is 6.21. The zero-order chi connectivity index (χ0) is 20.7. The Bertz CT molecular complexity index is 818. The molecule has 0 aliphatic heterocycles. The quantitative estimate of drug-likeness (QED) is 0.338. The van der Waals surface area contributed by atoms with Crippen molar-refractivity contribution in [2.24, 2.45) is 11.8 Å². The summed E-state index contributed by atoms with van der Waals surface area (Å²) in [7, 11) is 0. The highest BCUT2D eigenvalue weighted by Gasteiger charge is 2.64. The van der Waals surface area contributed by atoms with Crippen molar-refractivity contribution in [3.05, 3.63) is 83.9 Å². The van der Waals surface area contributed by atoms with E-state index in [-0.39, 0.29) is 25.0 Å². The van der Waals surface area contributed by atoms with Gasteiger partial charge in [0.1, 0.15) is 4.33 Å². The number of hydrogen-bond donors (Lipinski definition) is 0. The first-order valence-corrected chi connectivity index (χ1v) is 9.90. The second-order valence-corrected chi connectivity index (χ2v) is 8.08. The van der Waals surface area contributed by atoms with Gasteiger partial charge < -0.3 is 9.47 Å². The lowest BCUT2D eigenvalue weighted by Crippen LogP contribution is -2.08. The van der Waals surface area contributed by atoms with Crippen LogP contribution in [-0.4, -0.2) is 29.5 Å². The van der Waals surface area contributed by atoms with Crippen LogP contribution in [0.4, 0.5) is 0 Å². The highest BCUT2D eigenvalue weighted by atomic mass is 35.5. The van der Waals surface area contributed by atoms with Gasteiger partial charge in [0.2, 0.25) is 0 Å². The topological polar surface area (TPSA) is 52.6 Å². The Balaban J connectivity index is 1.41. The van der Waals surface area contributed by atoms with Gasteiger partial charge in [0.05, 0.1) is 13.2 Å². The van der Waals surface area contributed by atoms with Gasteiger partial charge in [-0.1, -0.05) is 60.7 Å². The Labute approximate surface area is 179 Å². The third-order valence-corrected chi connectivity index (χ3v) is 5.72. The fraction of sp³-hybridized carbons (Fsp3) is 0.217. The van der Waals surface area contributed by atoms with E-state index in [2.05, 4.69) is 0 Å². The van der Waals surface area contributed by atoms with Crippen LogP contribution >= 0.6 is 23.2 Å². The lowest BCUT2D eigenvalue weighted by molar-refractivity contribution is -0.140. The first-order valence-electron chi connectivity index (χ1n) is 9.14. The minimum atomic E-state index is -1.08. The zero-order valence-electron chi connectivity index (χ0n) is 15.5. The average molecular weight is 431 g/mol. The van der Waals surface area contributed by atoms with Crippen LogP contribution in [-0.2, 0) is 19.1 Å². The van der Waals surface area contributed by atoms with Crippen LogP contribution < -0.4 is 0 Å². The van der Waals surface area contributed by atoms with E-state index < -0.39 is 16.3 Å². The summed E-state index contributed by atoms with van der Waals surface area (Å²) in [5, 5.41) is 0. The summed E-state index contributed by atoms with van der Waals surface area (Å²) in [5.41, 5.74) is 1.79. The molecule has 1 fully saturated rings. The molecule has 0 aromatic heterocycles. The van der Waals surface area contributed by atoms with E-state index >= 15 is 0 Å². The molecule has 6 heteroatoms. The number of alkyl halides is 2. The molecule has 1 aliphatic rings. The number of carbonyl (C=O) groups excluding carboxylic acids is 2. The Hall–Kier alpha value is -2.56. The molecule has 0 unspecified atom stereocenters. The van der Waals surface area contributed by atoms with Crippen LogP contribution in [0.1, 0.15) is 11.1 Å². The Kier molecular flexibility index (Phi) is 7.13. The second kappa shape index (κ2) is 9.77. The van der Waals surface area contributed by atoms with Crippen LogP contribution in [0.3, 0.4) is 0 Å². The van der Waals surface area contributed by atoms with E-state index in [1.807, 2.05) is 60.7 Å². The van der Waals surface area contributed by atoms with E-state index in [0.29, 0.717) is 0 Å². The van der Waals surface area contributed by atoms with E-state index in [4.69, 9.17) is 32.7 Å². The largest absolute Gasteiger partial charge is 0.462 e. The SMILES string of the molecule is O=C(/C=C/c1ccccc1)OC[C@@H]1[C@@H](COC(=O)/C=C/c2ccccc2)C1(Cl)Cl. The lowest BCUT2D eigenvalue weighted by Gasteiger charge is -2.02. The van der Waals surface area contributed by atoms with Crippen molar-refractivity contribution in [1.29, 1.82) is 0 Å². The van der Waals surface area contributed by atoms with Gasteiger partial charge in [-0.2, -0.15) is 0 Å². The molecule has 0 spiro atoms. The molecule has 29 heavy (non-hydrogen) atoms. The molecule has 0 radical (unpaired) electrons. The van der Waals surface area contributed by atoms with E-state index in [9.17, 15) is 9.59 Å². The maximum atomic E-state index is 11.9. The number of benzene rings is 2. The highest BCUT2D eigenvalue weighted by molar-refractivity contribution is 6.51. The molecular weight excluding hydrogens is 411 g/mol. The molecule has 1 saturated carbocycles. The second-order valence-electron chi connectivity index (χ2n) is 6.64. The van der Waals surface area contributed by atoms with Crippen molar-refractivity contribution in [2.75, 3.05) is 13.2 Å². The zero-order valence-corrected chi connectivity index (χ0v) is 17.1. The standard InChI is InChI=1S/C23H20Cl2O4/c24-23(25)19(15-28-21(26)13-11-17-7-3-1-4-8-17)20(23)16-29-22(27)14-12-18-9-5-2-6-10-18/h1-14,19-20H,15-16H2/b13-11+,14-12+/t19-,20-/m1/s1. The molecule has 0 amide bonds. The minimum Gasteiger partial charge on any atom is -0.462 e. The molecule has 4 nitrogen and oxygen atoms in total. The average Bonchev–Trinajstić information content (AvgIpc) is 3.27. The van der Waals surface area contributed by atoms with Gasteiger partial charge >= 0.3 is 11.9 Å². The van der Waals surface area contributed by atoms with Crippen molar-refractivity contribution < 1.29 is 19.1 Å². The Morgan fingerprint density at radius 1 is 0.759 bits per heavy atom. The van der Waals surface area contributed by atoms with Gasteiger partial charge in [-0.15, -0.1) is 23.2 Å². The summed E-state index contributed by atoms with van der Waals surface area (Å²) >= 11 is 12.5. The first kappa shape index (κ1) is 21.2. The number of carbonyl (C=O) groups is 2. The molecule has 2 aromatic carbocycles. The number of rotatable bonds is 8. The molecule has 0 saturated heterocycles. The lowest BCUT2D eigenvalue weighted by atomic mass is 10.2. The maximum absolute atomic E-state index is 11.9. The maximum Gasteiger partial charge on any atom is 0.330 e. The summed E-state index contributed by atoms with van der Waals surface area (Å²) in [5.74, 6) is -1.53. The molecule has 2 aromatic rings. The predicted molar refractivity (Wildman–Crippen MR) is 114 cm³/mol. The smallest absolute Gasteiger partial charge is 0.330 e. The summed E-state index contributed by atoms with van der Waals surface area (Å²) in [6.45, 7) is 0.125. The van der Waals surface area contributed by atoms with Gasteiger partial charge in [-0.3, -0.25) is 0 Å². The molecule has 150 valence electrons. The number of halogens is 2. The van der Waals surface area contributed by atoms with Crippen LogP contribution in [0.25, 0.3) is 12.2 Å². The first-order chi connectivity index (χ1) is 14.0. The summed E-state index contributed by atoms with van der Waals surface area (Å²) in [6, 6.07) is 18.8. The fourth-order valence-electron chi connectivity index (χ4n) is 2.81. The highest BCUT2D eigenvalue weighted by Crippen LogP contribution is 2.59. The van der Waals surface area contributed by atoms with Gasteiger partial charge in [0.25, 0.3) is 0 Å². The Morgan fingerprint density at radius 2 is 1.14 bits per heavy atom. The summed E-state index contributed by atoms with van der Waals surface area (Å²) < 4.78 is 9.36. The van der Waals surface area contributed by atoms with Crippen molar-refractivity contribution in [2.45, 2.75) is 4.33 Å². The monoisotopic (exact) mass is 430 g/mol. The number of hydrogen-bond acceptors (Lipinski definition) is 4. The van der Waals surface area contributed by atoms with Gasteiger partial charge in [0, 0.05) is 24.0 Å². The van der Waals surface area contributed by atoms with E-state index in [1.165, 1.54) is 12.2 Å². The molecule has 0 heterocycles. The van der Waals surface area contributed by atoms with Crippen LogP contribution in [0.15, 0.2) is 72.8 Å². The minimum absolute atomic E-state index is 0.0625. The van der Waals surface area contributed by atoms with Crippen molar-refractivity contribution in [3.8, 4) is 0 Å². The molecule has 0 bridgehead atoms. The third-order valence-electron chi connectivity index (χ3n) is 4.60. The van der Waals surface area contributed by atoms with Crippen LogP contribution in [0.2, 0.25) is 0 Å². The van der Waals surface area contributed by atoms with Crippen LogP contribution in [0.5, 0.6) is 0 Å². The normalized spacial score (nSPS) is 19.9. The van der Waals surface area contributed by atoms with E-state index in [1.54, 1.807) is 12.2 Å². The predicted octanol–water partition coefficient (Wildman–Crippen LogP) is 4.92. The Morgan fingerprint density at radius 3 is 1.52 bits per heavy atom. The molecule has 0 N–H and O–H groups in total. The molecule has 2 atom stereocenters. The molecular formula is C23H20Cl2O4. The van der Waals surface area contributed by atoms with Crippen LogP contribution in [0, 0.1) is 11.8 Å². The van der Waals surface area contributed by atoms with Gasteiger partial charge in [-0.05, 0) is 23.3 Å². The van der Waals surface area contributed by atoms with E-state index in [0.717, 1.165) is 11.1 Å². The van der Waals surface area contributed by atoms with Gasteiger partial charge in [-0.25, -0.2) is 9.59 Å². The number of esters is 2. The van der Waals surface area contributed by atoms with Crippen molar-refractivity contribution in [1.82, 2.24) is 0 Å². The number of ether oxygens (including phenoxy) is 2. The van der Waals surface area contributed by atoms with Crippen molar-refractivity contribution in [3.63, 3.8) is 0 Å². The molecule has 1 aliphatic carbocycles. The fourth-order valence-corrected chi connectivity index (χ4v) is 3.55. The summed E-state index contributed by atoms with van der Waals surface area (Å²) in [4.78, 5) is 23.7. The molecule has 3 rings (SSSR count). The summed E-state index contributed by atoms with van der Waals surface area (Å²) in [6.07, 6.45) is 6.04.